The SMILES string of the molecule is CC1(C)CCCCC1(C(=O)O)N1CCCNCC1. The van der Waals surface area contributed by atoms with E-state index in [0.717, 1.165) is 58.3 Å². The van der Waals surface area contributed by atoms with Gasteiger partial charge in [0.15, 0.2) is 0 Å². The predicted octanol–water partition coefficient (Wildman–Crippen LogP) is 1.71. The van der Waals surface area contributed by atoms with Crippen molar-refractivity contribution in [2.75, 3.05) is 26.2 Å². The Morgan fingerprint density at radius 1 is 1.11 bits per heavy atom. The van der Waals surface area contributed by atoms with Gasteiger partial charge in [-0.05, 0) is 31.2 Å². The number of carbonyl (C=O) groups is 1. The molecule has 2 fully saturated rings. The monoisotopic (exact) mass is 254 g/mol. The van der Waals surface area contributed by atoms with Crippen molar-refractivity contribution in [2.45, 2.75) is 51.5 Å². The van der Waals surface area contributed by atoms with Gasteiger partial charge in [0, 0.05) is 19.6 Å². The van der Waals surface area contributed by atoms with Crippen LogP contribution in [0, 0.1) is 5.41 Å². The molecular formula is C14H26N2O2. The van der Waals surface area contributed by atoms with Crippen LogP contribution in [0.15, 0.2) is 0 Å². The number of nitrogens with zero attached hydrogens (tertiary/aromatic N) is 1. The first kappa shape index (κ1) is 13.8. The third kappa shape index (κ3) is 2.16. The molecule has 4 nitrogen and oxygen atoms in total. The smallest absolute Gasteiger partial charge is 0.324 e. The number of hydrogen-bond donors (Lipinski definition) is 2. The third-order valence-electron chi connectivity index (χ3n) is 4.94. The summed E-state index contributed by atoms with van der Waals surface area (Å²) < 4.78 is 0. The molecule has 1 unspecified atom stereocenters. The quantitative estimate of drug-likeness (QED) is 0.787. The summed E-state index contributed by atoms with van der Waals surface area (Å²) in [6.07, 6.45) is 5.07. The highest BCUT2D eigenvalue weighted by Gasteiger charge is 2.55. The van der Waals surface area contributed by atoms with E-state index in [1.165, 1.54) is 0 Å². The third-order valence-corrected chi connectivity index (χ3v) is 4.94. The van der Waals surface area contributed by atoms with Gasteiger partial charge in [0.25, 0.3) is 0 Å². The second kappa shape index (κ2) is 5.17. The fourth-order valence-corrected chi connectivity index (χ4v) is 3.84. The van der Waals surface area contributed by atoms with Gasteiger partial charge in [0.05, 0.1) is 0 Å². The molecule has 104 valence electrons. The van der Waals surface area contributed by atoms with Gasteiger partial charge in [0.1, 0.15) is 5.54 Å². The standard InChI is InChI=1S/C14H26N2O2/c1-13(2)6-3-4-7-14(13,12(17)18)16-10-5-8-15-9-11-16/h15H,3-11H2,1-2H3,(H,17,18). The van der Waals surface area contributed by atoms with Gasteiger partial charge in [-0.25, -0.2) is 0 Å². The Morgan fingerprint density at radius 3 is 2.50 bits per heavy atom. The van der Waals surface area contributed by atoms with E-state index in [9.17, 15) is 9.90 Å². The van der Waals surface area contributed by atoms with Crippen molar-refractivity contribution in [3.63, 3.8) is 0 Å². The van der Waals surface area contributed by atoms with Gasteiger partial charge in [-0.1, -0.05) is 26.7 Å². The molecule has 2 rings (SSSR count). The molecule has 0 aromatic heterocycles. The molecule has 1 aliphatic carbocycles. The Labute approximate surface area is 110 Å². The van der Waals surface area contributed by atoms with Gasteiger partial charge in [-0.3, -0.25) is 9.69 Å². The van der Waals surface area contributed by atoms with Crippen molar-refractivity contribution < 1.29 is 9.90 Å². The van der Waals surface area contributed by atoms with Crippen molar-refractivity contribution >= 4 is 5.97 Å². The van der Waals surface area contributed by atoms with Crippen LogP contribution in [0.5, 0.6) is 0 Å². The first-order valence-corrected chi connectivity index (χ1v) is 7.20. The largest absolute Gasteiger partial charge is 0.480 e. The molecule has 1 atom stereocenters. The summed E-state index contributed by atoms with van der Waals surface area (Å²) in [6.45, 7) is 7.95. The maximum atomic E-state index is 12.0. The van der Waals surface area contributed by atoms with E-state index in [1.54, 1.807) is 0 Å². The fraction of sp³-hybridized carbons (Fsp3) is 0.929. The Kier molecular flexibility index (Phi) is 3.97. The van der Waals surface area contributed by atoms with Crippen LogP contribution < -0.4 is 5.32 Å². The average Bonchev–Trinajstić information content (AvgIpc) is 2.57. The Bertz CT molecular complexity index is 309. The zero-order valence-electron chi connectivity index (χ0n) is 11.7. The molecule has 2 aliphatic rings. The zero-order valence-corrected chi connectivity index (χ0v) is 11.7. The maximum Gasteiger partial charge on any atom is 0.324 e. The zero-order chi connectivity index (χ0) is 13.2. The number of hydrogen-bond acceptors (Lipinski definition) is 3. The molecule has 18 heavy (non-hydrogen) atoms. The van der Waals surface area contributed by atoms with Crippen LogP contribution in [0.25, 0.3) is 0 Å². The molecule has 0 amide bonds. The molecule has 0 bridgehead atoms. The van der Waals surface area contributed by atoms with Crippen LogP contribution in [0.3, 0.4) is 0 Å². The van der Waals surface area contributed by atoms with Gasteiger partial charge in [-0.2, -0.15) is 0 Å². The Balaban J connectivity index is 2.32. The van der Waals surface area contributed by atoms with E-state index in [4.69, 9.17) is 0 Å². The minimum absolute atomic E-state index is 0.137. The summed E-state index contributed by atoms with van der Waals surface area (Å²) >= 11 is 0. The van der Waals surface area contributed by atoms with Crippen LogP contribution in [0.4, 0.5) is 0 Å². The van der Waals surface area contributed by atoms with Crippen LogP contribution in [0.1, 0.15) is 46.0 Å². The highest BCUT2D eigenvalue weighted by molar-refractivity contribution is 5.80. The number of rotatable bonds is 2. The molecule has 1 saturated carbocycles. The molecule has 2 N–H and O–H groups in total. The summed E-state index contributed by atoms with van der Waals surface area (Å²) in [4.78, 5) is 14.3. The molecule has 1 saturated heterocycles. The molecule has 1 aliphatic heterocycles. The first-order chi connectivity index (χ1) is 8.51. The lowest BCUT2D eigenvalue weighted by atomic mass is 9.62. The number of carboxylic acids is 1. The van der Waals surface area contributed by atoms with Crippen LogP contribution in [-0.4, -0.2) is 47.7 Å². The molecule has 1 heterocycles. The van der Waals surface area contributed by atoms with E-state index in [1.807, 2.05) is 0 Å². The van der Waals surface area contributed by atoms with Crippen LogP contribution in [0.2, 0.25) is 0 Å². The number of nitrogens with one attached hydrogen (secondary N) is 1. The minimum Gasteiger partial charge on any atom is -0.480 e. The van der Waals surface area contributed by atoms with E-state index in [0.29, 0.717) is 0 Å². The lowest BCUT2D eigenvalue weighted by Gasteiger charge is -2.53. The van der Waals surface area contributed by atoms with Gasteiger partial charge >= 0.3 is 5.97 Å². The van der Waals surface area contributed by atoms with Gasteiger partial charge in [0.2, 0.25) is 0 Å². The van der Waals surface area contributed by atoms with Crippen LogP contribution in [-0.2, 0) is 4.79 Å². The Hall–Kier alpha value is -0.610. The van der Waals surface area contributed by atoms with Gasteiger partial charge in [-0.15, -0.1) is 0 Å². The molecule has 0 aromatic rings. The van der Waals surface area contributed by atoms with Crippen molar-refractivity contribution in [1.29, 1.82) is 0 Å². The van der Waals surface area contributed by atoms with Crippen LogP contribution >= 0.6 is 0 Å². The number of carboxylic acid groups (broad SMARTS) is 1. The highest BCUT2D eigenvalue weighted by Crippen LogP contribution is 2.47. The summed E-state index contributed by atoms with van der Waals surface area (Å²) in [6, 6.07) is 0. The minimum atomic E-state index is -0.655. The molecule has 4 heteroatoms. The van der Waals surface area contributed by atoms with Crippen molar-refractivity contribution in [1.82, 2.24) is 10.2 Å². The maximum absolute atomic E-state index is 12.0. The van der Waals surface area contributed by atoms with E-state index in [2.05, 4.69) is 24.1 Å². The topological polar surface area (TPSA) is 52.6 Å². The molecule has 0 spiro atoms. The van der Waals surface area contributed by atoms with E-state index >= 15 is 0 Å². The normalized spacial score (nSPS) is 33.9. The first-order valence-electron chi connectivity index (χ1n) is 7.20. The fourth-order valence-electron chi connectivity index (χ4n) is 3.84. The summed E-state index contributed by atoms with van der Waals surface area (Å²) in [7, 11) is 0. The summed E-state index contributed by atoms with van der Waals surface area (Å²) in [5.74, 6) is -0.617. The summed E-state index contributed by atoms with van der Waals surface area (Å²) in [5.41, 5.74) is -0.793. The van der Waals surface area contributed by atoms with E-state index in [-0.39, 0.29) is 5.41 Å². The highest BCUT2D eigenvalue weighted by atomic mass is 16.4. The molecule has 0 aromatic carbocycles. The Morgan fingerprint density at radius 2 is 1.83 bits per heavy atom. The van der Waals surface area contributed by atoms with Crippen molar-refractivity contribution in [3.8, 4) is 0 Å². The number of aliphatic carboxylic acids is 1. The molecule has 0 radical (unpaired) electrons. The van der Waals surface area contributed by atoms with E-state index < -0.39 is 11.5 Å². The second-order valence-electron chi connectivity index (χ2n) is 6.35. The lowest BCUT2D eigenvalue weighted by molar-refractivity contribution is -0.166. The molecular weight excluding hydrogens is 228 g/mol. The lowest BCUT2D eigenvalue weighted by Crippen LogP contribution is -2.65. The predicted molar refractivity (Wildman–Crippen MR) is 71.7 cm³/mol. The van der Waals surface area contributed by atoms with Gasteiger partial charge < -0.3 is 10.4 Å². The second-order valence-corrected chi connectivity index (χ2v) is 6.35. The van der Waals surface area contributed by atoms with Crippen molar-refractivity contribution in [3.05, 3.63) is 0 Å². The van der Waals surface area contributed by atoms with Crippen molar-refractivity contribution in [2.24, 2.45) is 5.41 Å². The average molecular weight is 254 g/mol. The summed E-state index contributed by atoms with van der Waals surface area (Å²) in [5, 5.41) is 13.3.